The van der Waals surface area contributed by atoms with Crippen LogP contribution in [0, 0.1) is 11.8 Å². The zero-order valence-corrected chi connectivity index (χ0v) is 14.7. The topological polar surface area (TPSA) is 95.7 Å². The summed E-state index contributed by atoms with van der Waals surface area (Å²) >= 11 is 1.33. The number of hydrogen-bond acceptors (Lipinski definition) is 6. The molecule has 2 fully saturated rings. The van der Waals surface area contributed by atoms with Crippen molar-refractivity contribution in [2.45, 2.75) is 37.8 Å². The van der Waals surface area contributed by atoms with Crippen LogP contribution in [0.15, 0.2) is 22.4 Å². The van der Waals surface area contributed by atoms with Gasteiger partial charge in [-0.05, 0) is 50.6 Å². The minimum Gasteiger partial charge on any atom is -0.393 e. The Balaban J connectivity index is 1.59. The van der Waals surface area contributed by atoms with Gasteiger partial charge in [0.2, 0.25) is 0 Å². The summed E-state index contributed by atoms with van der Waals surface area (Å²) in [6.45, 7) is 1.91. The summed E-state index contributed by atoms with van der Waals surface area (Å²) in [6.07, 6.45) is 5.01. The number of piperidine rings is 1. The average molecular weight is 362 g/mol. The number of nitrogens with one attached hydrogen (secondary N) is 2. The molecule has 0 bridgehead atoms. The van der Waals surface area contributed by atoms with Gasteiger partial charge in [-0.15, -0.1) is 11.3 Å². The molecule has 7 nitrogen and oxygen atoms in total. The third-order valence-corrected chi connectivity index (χ3v) is 6.15. The summed E-state index contributed by atoms with van der Waals surface area (Å²) in [5.41, 5.74) is -0.0693. The molecule has 1 unspecified atom stereocenters. The number of nitrogens with zero attached hydrogens (tertiary/aromatic N) is 2. The molecule has 8 heteroatoms. The Morgan fingerprint density at radius 2 is 2.12 bits per heavy atom. The second-order valence-corrected chi connectivity index (χ2v) is 7.88. The second kappa shape index (κ2) is 6.86. The maximum absolute atomic E-state index is 12.9. The molecule has 0 aromatic carbocycles. The van der Waals surface area contributed by atoms with Crippen molar-refractivity contribution in [3.05, 3.63) is 33.7 Å². The van der Waals surface area contributed by atoms with Crippen molar-refractivity contribution in [3.8, 4) is 0 Å². The van der Waals surface area contributed by atoms with E-state index in [0.717, 1.165) is 38.8 Å². The molecular formula is C17H22N4O3S. The summed E-state index contributed by atoms with van der Waals surface area (Å²) in [7, 11) is 0. The van der Waals surface area contributed by atoms with E-state index in [2.05, 4.69) is 15.6 Å². The van der Waals surface area contributed by atoms with E-state index >= 15 is 0 Å². The lowest BCUT2D eigenvalue weighted by atomic mass is 9.71. The van der Waals surface area contributed by atoms with Crippen LogP contribution in [0.5, 0.6) is 0 Å². The predicted octanol–water partition coefficient (Wildman–Crippen LogP) is 0.625. The molecule has 4 rings (SSSR count). The molecule has 1 aliphatic heterocycles. The monoisotopic (exact) mass is 362 g/mol. The van der Waals surface area contributed by atoms with Crippen LogP contribution in [0.25, 0.3) is 4.96 Å². The molecule has 25 heavy (non-hydrogen) atoms. The minimum atomic E-state index is -0.398. The van der Waals surface area contributed by atoms with Gasteiger partial charge in [0.15, 0.2) is 4.96 Å². The normalized spacial score (nSPS) is 25.5. The molecule has 0 spiro atoms. The van der Waals surface area contributed by atoms with Gasteiger partial charge < -0.3 is 15.7 Å². The molecule has 2 aromatic heterocycles. The number of amides is 1. The molecule has 3 heterocycles. The Hall–Kier alpha value is -1.77. The van der Waals surface area contributed by atoms with E-state index in [1.807, 2.05) is 5.38 Å². The van der Waals surface area contributed by atoms with E-state index in [1.165, 1.54) is 17.4 Å². The summed E-state index contributed by atoms with van der Waals surface area (Å²) in [4.78, 5) is 29.2. The van der Waals surface area contributed by atoms with Crippen LogP contribution in [0.4, 0.5) is 0 Å². The highest BCUT2D eigenvalue weighted by Gasteiger charge is 2.39. The highest BCUT2D eigenvalue weighted by atomic mass is 32.1. The lowest BCUT2D eigenvalue weighted by molar-refractivity contribution is 0.00911. The second-order valence-electron chi connectivity index (χ2n) is 7.01. The van der Waals surface area contributed by atoms with Crippen LogP contribution in [0.2, 0.25) is 0 Å². The maximum atomic E-state index is 12.9. The van der Waals surface area contributed by atoms with Crippen molar-refractivity contribution in [1.29, 1.82) is 0 Å². The number of carbonyl (C=O) groups excluding carboxylic acids is 1. The van der Waals surface area contributed by atoms with Crippen molar-refractivity contribution < 1.29 is 9.90 Å². The molecule has 1 saturated carbocycles. The number of aromatic nitrogens is 2. The highest BCUT2D eigenvalue weighted by molar-refractivity contribution is 7.15. The lowest BCUT2D eigenvalue weighted by Gasteiger charge is -2.43. The fourth-order valence-electron chi connectivity index (χ4n) is 4.00. The Bertz CT molecular complexity index is 821. The van der Waals surface area contributed by atoms with Crippen LogP contribution < -0.4 is 16.2 Å². The largest absolute Gasteiger partial charge is 0.393 e. The summed E-state index contributed by atoms with van der Waals surface area (Å²) in [5, 5.41) is 18.0. The summed E-state index contributed by atoms with van der Waals surface area (Å²) in [5.74, 6) is 0.468. The third-order valence-electron chi connectivity index (χ3n) is 5.39. The van der Waals surface area contributed by atoms with Gasteiger partial charge >= 0.3 is 0 Å². The first-order chi connectivity index (χ1) is 12.1. The first-order valence-electron chi connectivity index (χ1n) is 8.78. The standard InChI is InChI=1S/C17H22N4O3S/c22-12-7-11(8-12)15(10-1-3-18-4-2-10)20-16(24)13-9-14(23)19-17-21(13)5-6-25-17/h5-6,9-12,15,18,22H,1-4,7-8H2,(H,20,24). The molecule has 134 valence electrons. The van der Waals surface area contributed by atoms with E-state index < -0.39 is 5.56 Å². The first kappa shape index (κ1) is 16.7. The fourth-order valence-corrected chi connectivity index (χ4v) is 4.72. The van der Waals surface area contributed by atoms with Gasteiger partial charge in [-0.3, -0.25) is 14.0 Å². The summed E-state index contributed by atoms with van der Waals surface area (Å²) < 4.78 is 1.66. The SMILES string of the molecule is O=C(NC(C1CCNCC1)C1CC(O)C1)c1cc(=O)nc2sccn12. The lowest BCUT2D eigenvalue weighted by Crippen LogP contribution is -2.53. The summed E-state index contributed by atoms with van der Waals surface area (Å²) in [6, 6.07) is 1.33. The number of fused-ring (bicyclic) bond motifs is 1. The van der Waals surface area contributed by atoms with Crippen LogP contribution in [-0.4, -0.2) is 45.6 Å². The third kappa shape index (κ3) is 3.33. The smallest absolute Gasteiger partial charge is 0.274 e. The first-order valence-corrected chi connectivity index (χ1v) is 9.66. The van der Waals surface area contributed by atoms with E-state index in [9.17, 15) is 14.7 Å². The highest BCUT2D eigenvalue weighted by Crippen LogP contribution is 2.35. The van der Waals surface area contributed by atoms with Crippen LogP contribution in [-0.2, 0) is 0 Å². The van der Waals surface area contributed by atoms with E-state index in [1.54, 1.807) is 10.6 Å². The van der Waals surface area contributed by atoms with E-state index in [4.69, 9.17) is 0 Å². The molecule has 2 aromatic rings. The van der Waals surface area contributed by atoms with Gasteiger partial charge in [0.05, 0.1) is 6.10 Å². The average Bonchev–Trinajstić information content (AvgIpc) is 3.05. The number of thiazole rings is 1. The Morgan fingerprint density at radius 1 is 1.36 bits per heavy atom. The number of aliphatic hydroxyl groups is 1. The van der Waals surface area contributed by atoms with Crippen molar-refractivity contribution in [1.82, 2.24) is 20.0 Å². The molecule has 1 saturated heterocycles. The van der Waals surface area contributed by atoms with Crippen LogP contribution in [0.3, 0.4) is 0 Å². The fraction of sp³-hybridized carbons (Fsp3) is 0.588. The molecule has 1 aliphatic carbocycles. The molecule has 3 N–H and O–H groups in total. The van der Waals surface area contributed by atoms with Crippen molar-refractivity contribution >= 4 is 22.2 Å². The molecule has 2 aliphatic rings. The predicted molar refractivity (Wildman–Crippen MR) is 94.9 cm³/mol. The van der Waals surface area contributed by atoms with Gasteiger partial charge in [-0.2, -0.15) is 4.98 Å². The Labute approximate surface area is 149 Å². The number of rotatable bonds is 4. The zero-order valence-electron chi connectivity index (χ0n) is 13.9. The molecule has 1 atom stereocenters. The van der Waals surface area contributed by atoms with Gasteiger partial charge in [0, 0.05) is 23.7 Å². The quantitative estimate of drug-likeness (QED) is 0.741. The van der Waals surface area contributed by atoms with Gasteiger partial charge in [0.25, 0.3) is 11.5 Å². The van der Waals surface area contributed by atoms with Crippen molar-refractivity contribution in [2.24, 2.45) is 11.8 Å². The molecule has 1 amide bonds. The Morgan fingerprint density at radius 3 is 2.84 bits per heavy atom. The molecular weight excluding hydrogens is 340 g/mol. The number of aliphatic hydroxyl groups excluding tert-OH is 1. The molecule has 0 radical (unpaired) electrons. The van der Waals surface area contributed by atoms with Crippen LogP contribution >= 0.6 is 11.3 Å². The Kier molecular flexibility index (Phi) is 4.58. The minimum absolute atomic E-state index is 0.0375. The van der Waals surface area contributed by atoms with Gasteiger partial charge in [-0.25, -0.2) is 0 Å². The van der Waals surface area contributed by atoms with Crippen molar-refractivity contribution in [3.63, 3.8) is 0 Å². The van der Waals surface area contributed by atoms with E-state index in [-0.39, 0.29) is 18.1 Å². The van der Waals surface area contributed by atoms with Gasteiger partial charge in [0.1, 0.15) is 5.69 Å². The van der Waals surface area contributed by atoms with E-state index in [0.29, 0.717) is 22.5 Å². The van der Waals surface area contributed by atoms with Gasteiger partial charge in [-0.1, -0.05) is 0 Å². The van der Waals surface area contributed by atoms with Crippen LogP contribution in [0.1, 0.15) is 36.2 Å². The number of hydrogen-bond donors (Lipinski definition) is 3. The van der Waals surface area contributed by atoms with Crippen molar-refractivity contribution in [2.75, 3.05) is 13.1 Å². The zero-order chi connectivity index (χ0) is 17.4. The number of carbonyl (C=O) groups is 1. The maximum Gasteiger partial charge on any atom is 0.274 e.